The molecule has 2 amide bonds. The van der Waals surface area contributed by atoms with E-state index in [2.05, 4.69) is 10.9 Å². The second-order valence-electron chi connectivity index (χ2n) is 6.14. The highest BCUT2D eigenvalue weighted by Crippen LogP contribution is 2.27. The van der Waals surface area contributed by atoms with Crippen molar-refractivity contribution < 1.29 is 19.1 Å². The normalized spacial score (nSPS) is 11.4. The van der Waals surface area contributed by atoms with Crippen molar-refractivity contribution >= 4 is 35.0 Å². The van der Waals surface area contributed by atoms with E-state index in [-0.39, 0.29) is 12.3 Å². The smallest absolute Gasteiger partial charge is 0.279 e. The van der Waals surface area contributed by atoms with Crippen LogP contribution in [0.5, 0.6) is 11.5 Å². The third-order valence-corrected chi connectivity index (χ3v) is 4.23. The minimum atomic E-state index is -0.752. The molecule has 2 aromatic carbocycles. The van der Waals surface area contributed by atoms with Crippen molar-refractivity contribution in [2.75, 3.05) is 6.61 Å². The van der Waals surface area contributed by atoms with E-state index in [9.17, 15) is 9.59 Å². The summed E-state index contributed by atoms with van der Waals surface area (Å²) in [5.74, 6) is 0.315. The van der Waals surface area contributed by atoms with Gasteiger partial charge in [0.1, 0.15) is 11.5 Å². The molecule has 0 heterocycles. The Morgan fingerprint density at radius 3 is 2.61 bits per heavy atom. The molecule has 8 heteroatoms. The molecule has 0 saturated heterocycles. The Morgan fingerprint density at radius 2 is 1.89 bits per heavy atom. The molecule has 1 atom stereocenters. The van der Waals surface area contributed by atoms with E-state index in [4.69, 9.17) is 32.7 Å². The van der Waals surface area contributed by atoms with Gasteiger partial charge in [0.15, 0.2) is 6.10 Å². The van der Waals surface area contributed by atoms with Crippen molar-refractivity contribution in [2.45, 2.75) is 32.8 Å². The third kappa shape index (κ3) is 7.29. The van der Waals surface area contributed by atoms with Crippen LogP contribution in [0.25, 0.3) is 0 Å². The number of benzene rings is 2. The van der Waals surface area contributed by atoms with Gasteiger partial charge in [-0.25, -0.2) is 0 Å². The number of rotatable bonds is 8. The summed E-state index contributed by atoms with van der Waals surface area (Å²) in [6.45, 7) is 3.84. The van der Waals surface area contributed by atoms with Gasteiger partial charge in [0.2, 0.25) is 5.91 Å². The molecule has 0 aliphatic rings. The fraction of sp³-hybridized carbons (Fsp3) is 0.300. The quantitative estimate of drug-likeness (QED) is 0.494. The van der Waals surface area contributed by atoms with E-state index < -0.39 is 12.0 Å². The Balaban J connectivity index is 1.65. The Kier molecular flexibility index (Phi) is 8.42. The maximum Gasteiger partial charge on any atom is 0.279 e. The standard InChI is InChI=1S/C20H22Cl2N2O4/c1-13-5-3-6-16(11-13)28-14(2)20(26)24-23-19(25)7-4-10-27-18-9-8-15(21)12-17(18)22/h3,5-6,8-9,11-12,14H,4,7,10H2,1-2H3,(H,23,25)(H,24,26). The van der Waals surface area contributed by atoms with Crippen LogP contribution < -0.4 is 20.3 Å². The summed E-state index contributed by atoms with van der Waals surface area (Å²) in [6.07, 6.45) is -0.119. The van der Waals surface area contributed by atoms with Crippen molar-refractivity contribution in [3.63, 3.8) is 0 Å². The first-order chi connectivity index (χ1) is 13.3. The maximum atomic E-state index is 12.0. The molecule has 0 aliphatic carbocycles. The van der Waals surface area contributed by atoms with Gasteiger partial charge in [0.05, 0.1) is 11.6 Å². The van der Waals surface area contributed by atoms with Crippen LogP contribution in [0, 0.1) is 6.92 Å². The summed E-state index contributed by atoms with van der Waals surface area (Å²) in [4.78, 5) is 23.8. The average molecular weight is 425 g/mol. The lowest BCUT2D eigenvalue weighted by molar-refractivity contribution is -0.132. The number of carbonyl (C=O) groups excluding carboxylic acids is 2. The number of carbonyl (C=O) groups is 2. The number of aryl methyl sites for hydroxylation is 1. The van der Waals surface area contributed by atoms with Crippen molar-refractivity contribution in [1.82, 2.24) is 10.9 Å². The predicted molar refractivity (Wildman–Crippen MR) is 109 cm³/mol. The van der Waals surface area contributed by atoms with Gasteiger partial charge >= 0.3 is 0 Å². The highest BCUT2D eigenvalue weighted by molar-refractivity contribution is 6.35. The van der Waals surface area contributed by atoms with E-state index in [1.807, 2.05) is 25.1 Å². The van der Waals surface area contributed by atoms with Crippen LogP contribution in [0.4, 0.5) is 0 Å². The molecule has 2 rings (SSSR count). The Hall–Kier alpha value is -2.44. The average Bonchev–Trinajstić information content (AvgIpc) is 2.64. The maximum absolute atomic E-state index is 12.0. The highest BCUT2D eigenvalue weighted by atomic mass is 35.5. The molecule has 0 saturated carbocycles. The Morgan fingerprint density at radius 1 is 1.11 bits per heavy atom. The molecule has 0 spiro atoms. The molecule has 0 aliphatic heterocycles. The van der Waals surface area contributed by atoms with E-state index >= 15 is 0 Å². The summed E-state index contributed by atoms with van der Waals surface area (Å²) in [5.41, 5.74) is 5.74. The lowest BCUT2D eigenvalue weighted by Crippen LogP contribution is -2.47. The molecule has 1 unspecified atom stereocenters. The van der Waals surface area contributed by atoms with Crippen LogP contribution in [-0.4, -0.2) is 24.5 Å². The van der Waals surface area contributed by atoms with Crippen molar-refractivity contribution in [2.24, 2.45) is 0 Å². The fourth-order valence-electron chi connectivity index (χ4n) is 2.25. The van der Waals surface area contributed by atoms with E-state index in [1.165, 1.54) is 0 Å². The van der Waals surface area contributed by atoms with E-state index in [1.54, 1.807) is 31.2 Å². The van der Waals surface area contributed by atoms with E-state index in [0.717, 1.165) is 5.56 Å². The largest absolute Gasteiger partial charge is 0.492 e. The Labute approximate surface area is 174 Å². The number of halogens is 2. The first kappa shape index (κ1) is 21.9. The van der Waals surface area contributed by atoms with Crippen LogP contribution in [0.3, 0.4) is 0 Å². The second-order valence-corrected chi connectivity index (χ2v) is 6.98. The molecule has 2 aromatic rings. The number of hydrogen-bond acceptors (Lipinski definition) is 4. The number of ether oxygens (including phenoxy) is 2. The van der Waals surface area contributed by atoms with Gasteiger partial charge in [-0.15, -0.1) is 0 Å². The second kappa shape index (κ2) is 10.8. The van der Waals surface area contributed by atoms with Gasteiger partial charge in [0.25, 0.3) is 5.91 Å². The lowest BCUT2D eigenvalue weighted by Gasteiger charge is -2.15. The SMILES string of the molecule is Cc1cccc(OC(C)C(=O)NNC(=O)CCCOc2ccc(Cl)cc2Cl)c1. The van der Waals surface area contributed by atoms with Gasteiger partial charge in [0, 0.05) is 11.4 Å². The zero-order valence-electron chi connectivity index (χ0n) is 15.6. The Bertz CT molecular complexity index is 830. The molecule has 2 N–H and O–H groups in total. The summed E-state index contributed by atoms with van der Waals surface area (Å²) in [5, 5.41) is 0.930. The molecular formula is C20H22Cl2N2O4. The van der Waals surface area contributed by atoms with Gasteiger partial charge < -0.3 is 9.47 Å². The minimum absolute atomic E-state index is 0.179. The lowest BCUT2D eigenvalue weighted by atomic mass is 10.2. The zero-order valence-corrected chi connectivity index (χ0v) is 17.1. The summed E-state index contributed by atoms with van der Waals surface area (Å²) in [7, 11) is 0. The zero-order chi connectivity index (χ0) is 20.5. The third-order valence-electron chi connectivity index (χ3n) is 3.70. The number of hydrogen-bond donors (Lipinski definition) is 2. The van der Waals surface area contributed by atoms with Crippen molar-refractivity contribution in [3.05, 3.63) is 58.1 Å². The molecule has 0 aromatic heterocycles. The molecular weight excluding hydrogens is 403 g/mol. The van der Waals surface area contributed by atoms with Gasteiger partial charge in [-0.2, -0.15) is 0 Å². The summed E-state index contributed by atoms with van der Waals surface area (Å²) >= 11 is 11.8. The highest BCUT2D eigenvalue weighted by Gasteiger charge is 2.15. The van der Waals surface area contributed by atoms with Crippen LogP contribution in [0.15, 0.2) is 42.5 Å². The van der Waals surface area contributed by atoms with Crippen LogP contribution in [-0.2, 0) is 9.59 Å². The number of nitrogens with one attached hydrogen (secondary N) is 2. The molecule has 150 valence electrons. The molecule has 6 nitrogen and oxygen atoms in total. The molecule has 0 bridgehead atoms. The number of hydrazine groups is 1. The van der Waals surface area contributed by atoms with Crippen LogP contribution in [0.2, 0.25) is 10.0 Å². The monoisotopic (exact) mass is 424 g/mol. The van der Waals surface area contributed by atoms with E-state index in [0.29, 0.717) is 34.6 Å². The van der Waals surface area contributed by atoms with Crippen molar-refractivity contribution in [1.29, 1.82) is 0 Å². The molecule has 0 fully saturated rings. The summed E-state index contributed by atoms with van der Waals surface area (Å²) in [6, 6.07) is 12.3. The predicted octanol–water partition coefficient (Wildman–Crippen LogP) is 4.08. The molecule has 0 radical (unpaired) electrons. The van der Waals surface area contributed by atoms with Gasteiger partial charge in [-0.3, -0.25) is 20.4 Å². The first-order valence-electron chi connectivity index (χ1n) is 8.75. The molecule has 28 heavy (non-hydrogen) atoms. The summed E-state index contributed by atoms with van der Waals surface area (Å²) < 4.78 is 11.1. The topological polar surface area (TPSA) is 76.7 Å². The minimum Gasteiger partial charge on any atom is -0.492 e. The van der Waals surface area contributed by atoms with Gasteiger partial charge in [-0.05, 0) is 56.2 Å². The first-order valence-corrected chi connectivity index (χ1v) is 9.50. The van der Waals surface area contributed by atoms with Crippen LogP contribution in [0.1, 0.15) is 25.3 Å². The fourth-order valence-corrected chi connectivity index (χ4v) is 2.71. The van der Waals surface area contributed by atoms with Gasteiger partial charge in [-0.1, -0.05) is 35.3 Å². The van der Waals surface area contributed by atoms with Crippen LogP contribution >= 0.6 is 23.2 Å². The van der Waals surface area contributed by atoms with Crippen molar-refractivity contribution in [3.8, 4) is 11.5 Å². The number of amides is 2.